The van der Waals surface area contributed by atoms with Gasteiger partial charge in [0.25, 0.3) is 0 Å². The van der Waals surface area contributed by atoms with Gasteiger partial charge in [0, 0.05) is 12.4 Å². The molecular formula is C23H32N2O5S. The van der Waals surface area contributed by atoms with Gasteiger partial charge in [0.1, 0.15) is 11.8 Å². The summed E-state index contributed by atoms with van der Waals surface area (Å²) in [5.41, 5.74) is 2.09. The molecule has 31 heavy (non-hydrogen) atoms. The Morgan fingerprint density at radius 1 is 1.03 bits per heavy atom. The van der Waals surface area contributed by atoms with Crippen LogP contribution in [0.25, 0.3) is 0 Å². The maximum atomic E-state index is 12.2. The van der Waals surface area contributed by atoms with E-state index in [-0.39, 0.29) is 12.2 Å². The lowest BCUT2D eigenvalue weighted by Crippen LogP contribution is -2.43. The fourth-order valence-electron chi connectivity index (χ4n) is 3.05. The molecule has 0 saturated carbocycles. The molecule has 8 heteroatoms. The molecule has 2 aromatic rings. The van der Waals surface area contributed by atoms with E-state index in [1.165, 1.54) is 12.7 Å². The Balaban J connectivity index is 1.82. The third kappa shape index (κ3) is 9.48. The summed E-state index contributed by atoms with van der Waals surface area (Å²) in [6.45, 7) is 2.53. The van der Waals surface area contributed by atoms with Gasteiger partial charge in [0.05, 0.1) is 19.5 Å². The number of esters is 1. The van der Waals surface area contributed by atoms with Crippen LogP contribution in [0.5, 0.6) is 5.75 Å². The zero-order valence-corrected chi connectivity index (χ0v) is 19.1. The highest BCUT2D eigenvalue weighted by Crippen LogP contribution is 2.15. The summed E-state index contributed by atoms with van der Waals surface area (Å²) in [4.78, 5) is 16.1. The number of nitrogens with one attached hydrogen (secondary N) is 1. The normalized spacial score (nSPS) is 12.3. The number of ether oxygens (including phenoxy) is 2. The second kappa shape index (κ2) is 13.1. The first-order chi connectivity index (χ1) is 14.9. The molecule has 0 spiro atoms. The van der Waals surface area contributed by atoms with E-state index in [0.29, 0.717) is 13.0 Å². The highest BCUT2D eigenvalue weighted by molar-refractivity contribution is 7.89. The number of methoxy groups -OCH3 is 1. The Hall–Kier alpha value is -2.45. The molecule has 1 aromatic carbocycles. The molecule has 0 aliphatic carbocycles. The number of nitrogens with zero attached hydrogens (tertiary/aromatic N) is 1. The van der Waals surface area contributed by atoms with E-state index in [1.54, 1.807) is 12.4 Å². The number of benzene rings is 1. The quantitative estimate of drug-likeness (QED) is 0.352. The average molecular weight is 449 g/mol. The number of hydrogen-bond donors (Lipinski definition) is 1. The summed E-state index contributed by atoms with van der Waals surface area (Å²) in [7, 11) is -2.29. The molecule has 0 saturated heterocycles. The van der Waals surface area contributed by atoms with Gasteiger partial charge in [-0.15, -0.1) is 0 Å². The molecule has 2 rings (SSSR count). The zero-order chi connectivity index (χ0) is 22.5. The van der Waals surface area contributed by atoms with E-state index in [4.69, 9.17) is 9.47 Å². The number of aromatic nitrogens is 1. The van der Waals surface area contributed by atoms with Crippen molar-refractivity contribution in [2.75, 3.05) is 19.5 Å². The molecule has 0 aliphatic heterocycles. The van der Waals surface area contributed by atoms with Crippen LogP contribution in [0.15, 0.2) is 48.8 Å². The van der Waals surface area contributed by atoms with Gasteiger partial charge < -0.3 is 9.47 Å². The molecule has 1 atom stereocenters. The van der Waals surface area contributed by atoms with Gasteiger partial charge in [-0.2, -0.15) is 0 Å². The number of hydrogen-bond acceptors (Lipinski definition) is 6. The largest absolute Gasteiger partial charge is 0.494 e. The molecule has 1 aromatic heterocycles. The lowest BCUT2D eigenvalue weighted by Gasteiger charge is -2.17. The van der Waals surface area contributed by atoms with Gasteiger partial charge in [0.2, 0.25) is 10.0 Å². The van der Waals surface area contributed by atoms with Crippen molar-refractivity contribution in [2.24, 2.45) is 0 Å². The Kier molecular flexibility index (Phi) is 10.5. The first kappa shape index (κ1) is 24.8. The number of rotatable bonds is 14. The van der Waals surface area contributed by atoms with Crippen LogP contribution < -0.4 is 9.46 Å². The van der Waals surface area contributed by atoms with Crippen LogP contribution in [-0.4, -0.2) is 44.9 Å². The highest BCUT2D eigenvalue weighted by atomic mass is 32.2. The highest BCUT2D eigenvalue weighted by Gasteiger charge is 2.25. The molecule has 7 nitrogen and oxygen atoms in total. The average Bonchev–Trinajstić information content (AvgIpc) is 2.78. The van der Waals surface area contributed by atoms with Crippen LogP contribution in [0.4, 0.5) is 0 Å². The van der Waals surface area contributed by atoms with Crippen molar-refractivity contribution in [1.29, 1.82) is 0 Å². The SMILES string of the molecule is CCCCS(=O)(=O)N[C@@H](Cc1ccc(OCCCCc2ccncc2)cc1)C(=O)OC. The van der Waals surface area contributed by atoms with Gasteiger partial charge >= 0.3 is 5.97 Å². The maximum absolute atomic E-state index is 12.2. The predicted octanol–water partition coefficient (Wildman–Crippen LogP) is 3.29. The predicted molar refractivity (Wildman–Crippen MR) is 120 cm³/mol. The third-order valence-electron chi connectivity index (χ3n) is 4.82. The summed E-state index contributed by atoms with van der Waals surface area (Å²) >= 11 is 0. The zero-order valence-electron chi connectivity index (χ0n) is 18.2. The maximum Gasteiger partial charge on any atom is 0.324 e. The first-order valence-corrected chi connectivity index (χ1v) is 12.3. The van der Waals surface area contributed by atoms with Crippen molar-refractivity contribution >= 4 is 16.0 Å². The molecule has 170 valence electrons. The lowest BCUT2D eigenvalue weighted by molar-refractivity contribution is -0.142. The molecule has 0 radical (unpaired) electrons. The van der Waals surface area contributed by atoms with Gasteiger partial charge in [-0.25, -0.2) is 13.1 Å². The molecule has 0 aliphatic rings. The van der Waals surface area contributed by atoms with E-state index in [0.717, 1.165) is 37.0 Å². The van der Waals surface area contributed by atoms with Crippen molar-refractivity contribution in [3.05, 3.63) is 59.9 Å². The Morgan fingerprint density at radius 3 is 2.39 bits per heavy atom. The van der Waals surface area contributed by atoms with Crippen molar-refractivity contribution in [3.63, 3.8) is 0 Å². The second-order valence-corrected chi connectivity index (χ2v) is 9.25. The van der Waals surface area contributed by atoms with Crippen molar-refractivity contribution in [1.82, 2.24) is 9.71 Å². The van der Waals surface area contributed by atoms with Crippen molar-refractivity contribution in [2.45, 2.75) is 51.5 Å². The molecule has 0 unspecified atom stereocenters. The van der Waals surface area contributed by atoms with Crippen LogP contribution in [0.2, 0.25) is 0 Å². The minimum absolute atomic E-state index is 0.00899. The number of carbonyl (C=O) groups is 1. The smallest absolute Gasteiger partial charge is 0.324 e. The molecular weight excluding hydrogens is 416 g/mol. The van der Waals surface area contributed by atoms with Crippen LogP contribution >= 0.6 is 0 Å². The molecule has 0 amide bonds. The Morgan fingerprint density at radius 2 is 1.74 bits per heavy atom. The monoisotopic (exact) mass is 448 g/mol. The van der Waals surface area contributed by atoms with E-state index < -0.39 is 22.0 Å². The summed E-state index contributed by atoms with van der Waals surface area (Å²) in [6.07, 6.45) is 8.07. The van der Waals surface area contributed by atoms with Gasteiger partial charge in [-0.3, -0.25) is 9.78 Å². The van der Waals surface area contributed by atoms with E-state index in [9.17, 15) is 13.2 Å². The van der Waals surface area contributed by atoms with Crippen molar-refractivity contribution < 1.29 is 22.7 Å². The number of aryl methyl sites for hydroxylation is 1. The standard InChI is InChI=1S/C23H32N2O5S/c1-3-4-17-31(27,28)25-22(23(26)29-2)18-20-8-10-21(11-9-20)30-16-6-5-7-19-12-14-24-15-13-19/h8-15,22,25H,3-7,16-18H2,1-2H3/t22-/m0/s1. The Bertz CT molecular complexity index is 886. The fourth-order valence-corrected chi connectivity index (χ4v) is 4.45. The summed E-state index contributed by atoms with van der Waals surface area (Å²) < 4.78 is 37.4. The van der Waals surface area contributed by atoms with Crippen LogP contribution in [0.1, 0.15) is 43.7 Å². The summed E-state index contributed by atoms with van der Waals surface area (Å²) in [5, 5.41) is 0. The van der Waals surface area contributed by atoms with Gasteiger partial charge in [-0.05, 0) is 67.5 Å². The number of pyridine rings is 1. The lowest BCUT2D eigenvalue weighted by atomic mass is 10.1. The van der Waals surface area contributed by atoms with E-state index >= 15 is 0 Å². The fraction of sp³-hybridized carbons (Fsp3) is 0.478. The molecule has 0 fully saturated rings. The third-order valence-corrected chi connectivity index (χ3v) is 6.28. The minimum atomic E-state index is -3.54. The van der Waals surface area contributed by atoms with Crippen LogP contribution in [-0.2, 0) is 32.4 Å². The van der Waals surface area contributed by atoms with Gasteiger partial charge in [-0.1, -0.05) is 25.5 Å². The van der Waals surface area contributed by atoms with E-state index in [1.807, 2.05) is 43.3 Å². The summed E-state index contributed by atoms with van der Waals surface area (Å²) in [5.74, 6) is 0.130. The molecule has 0 bridgehead atoms. The second-order valence-electron chi connectivity index (χ2n) is 7.38. The Labute approximate surface area is 185 Å². The summed E-state index contributed by atoms with van der Waals surface area (Å²) in [6, 6.07) is 10.4. The number of sulfonamides is 1. The minimum Gasteiger partial charge on any atom is -0.494 e. The van der Waals surface area contributed by atoms with Crippen molar-refractivity contribution in [3.8, 4) is 5.75 Å². The topological polar surface area (TPSA) is 94.6 Å². The van der Waals surface area contributed by atoms with Crippen LogP contribution in [0.3, 0.4) is 0 Å². The number of carbonyl (C=O) groups excluding carboxylic acids is 1. The van der Waals surface area contributed by atoms with Gasteiger partial charge in [0.15, 0.2) is 0 Å². The van der Waals surface area contributed by atoms with Crippen LogP contribution in [0, 0.1) is 0 Å². The number of unbranched alkanes of at least 4 members (excludes halogenated alkanes) is 2. The molecule has 1 N–H and O–H groups in total. The molecule has 1 heterocycles. The van der Waals surface area contributed by atoms with E-state index in [2.05, 4.69) is 9.71 Å². The first-order valence-electron chi connectivity index (χ1n) is 10.6.